The van der Waals surface area contributed by atoms with Crippen LogP contribution in [0.15, 0.2) is 0 Å². The smallest absolute Gasteiger partial charge is 0.239 e. The van der Waals surface area contributed by atoms with Crippen molar-refractivity contribution in [3.8, 4) is 0 Å². The number of hydrogen-bond acceptors (Lipinski definition) is 2. The van der Waals surface area contributed by atoms with E-state index >= 15 is 0 Å². The van der Waals surface area contributed by atoms with Gasteiger partial charge < -0.3 is 10.6 Å². The minimum atomic E-state index is -0.133. The second-order valence-electron chi connectivity index (χ2n) is 4.46. The van der Waals surface area contributed by atoms with Crippen molar-refractivity contribution in [3.05, 3.63) is 0 Å². The zero-order chi connectivity index (χ0) is 12.4. The molecule has 0 heterocycles. The highest BCUT2D eigenvalue weighted by Crippen LogP contribution is 2.19. The number of carbonyl (C=O) groups excluding carboxylic acids is 2. The molecule has 0 aliphatic carbocycles. The Bertz CT molecular complexity index is 219. The molecule has 0 aromatic carbocycles. The fraction of sp³-hybridized carbons (Fsp3) is 0.833. The summed E-state index contributed by atoms with van der Waals surface area (Å²) in [5.41, 5.74) is -0.133. The van der Waals surface area contributed by atoms with E-state index in [1.54, 1.807) is 0 Å². The first-order valence-electron chi connectivity index (χ1n) is 6.06. The van der Waals surface area contributed by atoms with Crippen LogP contribution >= 0.6 is 0 Å². The zero-order valence-corrected chi connectivity index (χ0v) is 10.6. The molecule has 0 saturated carbocycles. The lowest BCUT2D eigenvalue weighted by Gasteiger charge is -2.30. The lowest BCUT2D eigenvalue weighted by atomic mass is 9.90. The first-order chi connectivity index (χ1) is 7.58. The molecular formula is C12H24N2O2. The molecule has 0 radical (unpaired) electrons. The van der Waals surface area contributed by atoms with Crippen LogP contribution in [0.1, 0.15) is 52.9 Å². The van der Waals surface area contributed by atoms with Crippen molar-refractivity contribution in [1.82, 2.24) is 10.6 Å². The van der Waals surface area contributed by atoms with Crippen LogP contribution in [0, 0.1) is 0 Å². The normalized spacial score (nSPS) is 13.9. The molecule has 1 unspecified atom stereocenters. The van der Waals surface area contributed by atoms with Crippen molar-refractivity contribution in [1.29, 1.82) is 0 Å². The summed E-state index contributed by atoms with van der Waals surface area (Å²) in [7, 11) is 0. The maximum atomic E-state index is 11.5. The van der Waals surface area contributed by atoms with Gasteiger partial charge in [-0.05, 0) is 19.8 Å². The van der Waals surface area contributed by atoms with E-state index in [4.69, 9.17) is 0 Å². The molecule has 0 aliphatic heterocycles. The van der Waals surface area contributed by atoms with Gasteiger partial charge in [0.25, 0.3) is 0 Å². The molecule has 2 N–H and O–H groups in total. The topological polar surface area (TPSA) is 58.2 Å². The fourth-order valence-corrected chi connectivity index (χ4v) is 1.88. The number of nitrogens with one attached hydrogen (secondary N) is 2. The van der Waals surface area contributed by atoms with Crippen LogP contribution in [-0.2, 0) is 9.59 Å². The second-order valence-corrected chi connectivity index (χ2v) is 4.46. The van der Waals surface area contributed by atoms with Crippen molar-refractivity contribution in [2.75, 3.05) is 6.54 Å². The number of hydrogen-bond donors (Lipinski definition) is 2. The van der Waals surface area contributed by atoms with Crippen LogP contribution < -0.4 is 10.6 Å². The Balaban J connectivity index is 4.17. The average Bonchev–Trinajstić information content (AvgIpc) is 2.24. The Labute approximate surface area is 98.2 Å². The molecule has 0 bridgehead atoms. The first-order valence-corrected chi connectivity index (χ1v) is 6.06. The average molecular weight is 228 g/mol. The highest BCUT2D eigenvalue weighted by molar-refractivity contribution is 5.80. The summed E-state index contributed by atoms with van der Waals surface area (Å²) >= 11 is 0. The summed E-state index contributed by atoms with van der Waals surface area (Å²) in [4.78, 5) is 21.6. The lowest BCUT2D eigenvalue weighted by Crippen LogP contribution is -2.48. The van der Waals surface area contributed by atoms with E-state index in [9.17, 15) is 9.59 Å². The van der Waals surface area contributed by atoms with Gasteiger partial charge in [0.1, 0.15) is 0 Å². The van der Waals surface area contributed by atoms with Gasteiger partial charge in [-0.25, -0.2) is 0 Å². The quantitative estimate of drug-likeness (QED) is 0.589. The zero-order valence-electron chi connectivity index (χ0n) is 10.6. The Morgan fingerprint density at radius 3 is 2.44 bits per heavy atom. The standard InChI is InChI=1S/C12H24N2O2/c1-4-6-8-12(3,7-5-2)14-11(16)9-13-10-15/h10H,4-9H2,1-3H3,(H,13,15)(H,14,16). The molecule has 0 fully saturated rings. The van der Waals surface area contributed by atoms with Gasteiger partial charge in [-0.3, -0.25) is 9.59 Å². The molecule has 2 amide bonds. The van der Waals surface area contributed by atoms with Crippen LogP contribution in [0.3, 0.4) is 0 Å². The maximum absolute atomic E-state index is 11.5. The molecule has 0 aliphatic rings. The molecule has 0 saturated heterocycles. The Hall–Kier alpha value is -1.06. The monoisotopic (exact) mass is 228 g/mol. The van der Waals surface area contributed by atoms with Crippen molar-refractivity contribution in [2.24, 2.45) is 0 Å². The molecule has 0 rings (SSSR count). The molecule has 0 aromatic rings. The molecule has 0 aromatic heterocycles. The van der Waals surface area contributed by atoms with Crippen molar-refractivity contribution >= 4 is 12.3 Å². The number of unbranched alkanes of at least 4 members (excludes halogenated alkanes) is 1. The van der Waals surface area contributed by atoms with E-state index in [2.05, 4.69) is 31.4 Å². The largest absolute Gasteiger partial charge is 0.350 e. The van der Waals surface area contributed by atoms with Gasteiger partial charge in [0.15, 0.2) is 0 Å². The van der Waals surface area contributed by atoms with Gasteiger partial charge in [0.05, 0.1) is 6.54 Å². The van der Waals surface area contributed by atoms with Gasteiger partial charge in [-0.1, -0.05) is 33.1 Å². The fourth-order valence-electron chi connectivity index (χ4n) is 1.88. The summed E-state index contributed by atoms with van der Waals surface area (Å²) < 4.78 is 0. The second kappa shape index (κ2) is 8.13. The van der Waals surface area contributed by atoms with Gasteiger partial charge in [-0.15, -0.1) is 0 Å². The molecular weight excluding hydrogens is 204 g/mol. The number of carbonyl (C=O) groups is 2. The van der Waals surface area contributed by atoms with Crippen molar-refractivity contribution in [3.63, 3.8) is 0 Å². The number of rotatable bonds is 9. The molecule has 4 nitrogen and oxygen atoms in total. The van der Waals surface area contributed by atoms with E-state index in [0.29, 0.717) is 6.41 Å². The minimum Gasteiger partial charge on any atom is -0.350 e. The van der Waals surface area contributed by atoms with Crippen LogP contribution in [0.5, 0.6) is 0 Å². The Morgan fingerprint density at radius 2 is 1.94 bits per heavy atom. The molecule has 94 valence electrons. The summed E-state index contributed by atoms with van der Waals surface area (Å²) in [6.45, 7) is 6.39. The van der Waals surface area contributed by atoms with Gasteiger partial charge >= 0.3 is 0 Å². The molecule has 0 spiro atoms. The summed E-state index contributed by atoms with van der Waals surface area (Å²) in [5.74, 6) is -0.112. The van der Waals surface area contributed by atoms with Crippen LogP contribution in [0.2, 0.25) is 0 Å². The SMILES string of the molecule is CCCCC(C)(CCC)NC(=O)CNC=O. The first kappa shape index (κ1) is 14.9. The predicted octanol–water partition coefficient (Wildman–Crippen LogP) is 1.60. The van der Waals surface area contributed by atoms with Crippen molar-refractivity contribution < 1.29 is 9.59 Å². The third-order valence-electron chi connectivity index (χ3n) is 2.67. The van der Waals surface area contributed by atoms with E-state index < -0.39 is 0 Å². The van der Waals surface area contributed by atoms with Crippen molar-refractivity contribution in [2.45, 2.75) is 58.4 Å². The molecule has 16 heavy (non-hydrogen) atoms. The summed E-state index contributed by atoms with van der Waals surface area (Å²) in [5, 5.41) is 5.38. The third-order valence-corrected chi connectivity index (χ3v) is 2.67. The van der Waals surface area contributed by atoms with E-state index in [1.165, 1.54) is 0 Å². The highest BCUT2D eigenvalue weighted by Gasteiger charge is 2.24. The van der Waals surface area contributed by atoms with Crippen LogP contribution in [0.4, 0.5) is 0 Å². The number of amides is 2. The van der Waals surface area contributed by atoms with E-state index in [0.717, 1.165) is 32.1 Å². The highest BCUT2D eigenvalue weighted by atomic mass is 16.2. The van der Waals surface area contributed by atoms with Crippen LogP contribution in [0.25, 0.3) is 0 Å². The minimum absolute atomic E-state index is 0.0644. The molecule has 4 heteroatoms. The van der Waals surface area contributed by atoms with Gasteiger partial charge in [-0.2, -0.15) is 0 Å². The van der Waals surface area contributed by atoms with E-state index in [1.807, 2.05) is 0 Å². The summed E-state index contributed by atoms with van der Waals surface area (Å²) in [6, 6.07) is 0. The third kappa shape index (κ3) is 6.43. The maximum Gasteiger partial charge on any atom is 0.239 e. The van der Waals surface area contributed by atoms with E-state index in [-0.39, 0.29) is 18.0 Å². The predicted molar refractivity (Wildman–Crippen MR) is 65.0 cm³/mol. The Morgan fingerprint density at radius 1 is 1.25 bits per heavy atom. The lowest BCUT2D eigenvalue weighted by molar-refractivity contribution is -0.123. The van der Waals surface area contributed by atoms with Gasteiger partial charge in [0, 0.05) is 5.54 Å². The van der Waals surface area contributed by atoms with Crippen LogP contribution in [-0.4, -0.2) is 24.4 Å². The molecule has 1 atom stereocenters. The van der Waals surface area contributed by atoms with Gasteiger partial charge in [0.2, 0.25) is 12.3 Å². The summed E-state index contributed by atoms with van der Waals surface area (Å²) in [6.07, 6.45) is 5.79. The Kier molecular flexibility index (Phi) is 7.60.